The Bertz CT molecular complexity index is 382. The number of carbonyl (C=O) groups is 2. The maximum atomic E-state index is 12.5. The first kappa shape index (κ1) is 23.9. The Balaban J connectivity index is 6.16. The molecule has 0 saturated heterocycles. The molecule has 5 heteroatoms. The van der Waals surface area contributed by atoms with Crippen molar-refractivity contribution in [3.05, 3.63) is 0 Å². The lowest BCUT2D eigenvalue weighted by Crippen LogP contribution is -2.59. The molecule has 0 aromatic rings. The van der Waals surface area contributed by atoms with Crippen LogP contribution in [0.2, 0.25) is 0 Å². The van der Waals surface area contributed by atoms with Gasteiger partial charge in [0.25, 0.3) is 0 Å². The minimum absolute atomic E-state index is 0.204. The molecule has 0 radical (unpaired) electrons. The monoisotopic (exact) mass is 356 g/mol. The van der Waals surface area contributed by atoms with Gasteiger partial charge in [-0.3, -0.25) is 9.59 Å². The van der Waals surface area contributed by atoms with Gasteiger partial charge >= 0.3 is 0 Å². The molecule has 0 bridgehead atoms. The van der Waals surface area contributed by atoms with Gasteiger partial charge in [0.1, 0.15) is 11.2 Å². The summed E-state index contributed by atoms with van der Waals surface area (Å²) in [5.41, 5.74) is 9.28. The lowest BCUT2D eigenvalue weighted by atomic mass is 9.79. The van der Waals surface area contributed by atoms with Gasteiger partial charge in [-0.05, 0) is 49.4 Å². The molecule has 0 rings (SSSR count). The van der Waals surface area contributed by atoms with Crippen LogP contribution >= 0.6 is 0 Å². The molecule has 0 aromatic carbocycles. The van der Waals surface area contributed by atoms with E-state index in [0.717, 1.165) is 0 Å². The zero-order valence-electron chi connectivity index (χ0n) is 17.5. The molecule has 2 amide bonds. The lowest BCUT2D eigenvalue weighted by Gasteiger charge is -2.44. The van der Waals surface area contributed by atoms with Crippen molar-refractivity contribution >= 4 is 11.8 Å². The van der Waals surface area contributed by atoms with Crippen LogP contribution in [0.4, 0.5) is 0 Å². The van der Waals surface area contributed by atoms with Crippen LogP contribution < -0.4 is 11.5 Å². The van der Waals surface area contributed by atoms with Gasteiger partial charge in [0.15, 0.2) is 0 Å². The summed E-state index contributed by atoms with van der Waals surface area (Å²) < 4.78 is 6.44. The molecular formula is C20H40N2O3. The van der Waals surface area contributed by atoms with E-state index in [9.17, 15) is 9.59 Å². The summed E-state index contributed by atoms with van der Waals surface area (Å²) in [7, 11) is 0. The maximum Gasteiger partial charge on any atom is 0.249 e. The van der Waals surface area contributed by atoms with E-state index < -0.39 is 23.0 Å². The Morgan fingerprint density at radius 2 is 0.840 bits per heavy atom. The molecule has 0 atom stereocenters. The largest absolute Gasteiger partial charge is 0.367 e. The van der Waals surface area contributed by atoms with Crippen LogP contribution in [0.1, 0.15) is 81.1 Å². The summed E-state index contributed by atoms with van der Waals surface area (Å²) in [4.78, 5) is 25.0. The highest BCUT2D eigenvalue weighted by molar-refractivity contribution is 5.87. The third kappa shape index (κ3) is 7.35. The smallest absolute Gasteiger partial charge is 0.249 e. The first-order valence-electron chi connectivity index (χ1n) is 9.56. The molecule has 0 aliphatic heterocycles. The number of nitrogens with two attached hydrogens (primary N) is 2. The maximum absolute atomic E-state index is 12.5. The van der Waals surface area contributed by atoms with E-state index in [0.29, 0.717) is 25.7 Å². The number of ether oxygens (including phenoxy) is 1. The SMILES string of the molecule is CC(C)CC(CC(C)C)(OC(CC(C)C)(CC(C)C)C(N)=O)C(N)=O. The summed E-state index contributed by atoms with van der Waals surface area (Å²) in [6, 6.07) is 0. The molecule has 0 saturated carbocycles. The summed E-state index contributed by atoms with van der Waals surface area (Å²) in [6.07, 6.45) is 1.91. The molecule has 148 valence electrons. The molecule has 0 aliphatic carbocycles. The summed E-state index contributed by atoms with van der Waals surface area (Å²) in [5.74, 6) is -0.198. The fourth-order valence-corrected chi connectivity index (χ4v) is 3.85. The second-order valence-corrected chi connectivity index (χ2v) is 9.21. The molecule has 0 heterocycles. The molecule has 0 unspecified atom stereocenters. The Hall–Kier alpha value is -1.10. The highest BCUT2D eigenvalue weighted by atomic mass is 16.5. The Morgan fingerprint density at radius 3 is 0.960 bits per heavy atom. The third-order valence-electron chi connectivity index (χ3n) is 4.24. The second-order valence-electron chi connectivity index (χ2n) is 9.21. The van der Waals surface area contributed by atoms with Crippen LogP contribution in [-0.4, -0.2) is 23.0 Å². The Labute approximate surface area is 154 Å². The van der Waals surface area contributed by atoms with Gasteiger partial charge < -0.3 is 16.2 Å². The number of amides is 2. The minimum Gasteiger partial charge on any atom is -0.367 e. The number of rotatable bonds is 12. The molecule has 0 aliphatic rings. The van der Waals surface area contributed by atoms with Crippen molar-refractivity contribution in [2.75, 3.05) is 0 Å². The third-order valence-corrected chi connectivity index (χ3v) is 4.24. The van der Waals surface area contributed by atoms with Gasteiger partial charge in [0.2, 0.25) is 11.8 Å². The predicted molar refractivity (Wildman–Crippen MR) is 103 cm³/mol. The van der Waals surface area contributed by atoms with E-state index in [1.165, 1.54) is 0 Å². The van der Waals surface area contributed by atoms with Crippen LogP contribution in [-0.2, 0) is 14.3 Å². The number of hydrogen-bond acceptors (Lipinski definition) is 3. The van der Waals surface area contributed by atoms with Crippen LogP contribution in [0, 0.1) is 23.7 Å². The molecule has 0 spiro atoms. The van der Waals surface area contributed by atoms with Gasteiger partial charge in [0.05, 0.1) is 0 Å². The van der Waals surface area contributed by atoms with Gasteiger partial charge in [0, 0.05) is 0 Å². The van der Waals surface area contributed by atoms with Crippen molar-refractivity contribution in [3.63, 3.8) is 0 Å². The zero-order chi connectivity index (χ0) is 20.0. The van der Waals surface area contributed by atoms with E-state index in [2.05, 4.69) is 0 Å². The molecular weight excluding hydrogens is 316 g/mol. The van der Waals surface area contributed by atoms with Crippen molar-refractivity contribution in [3.8, 4) is 0 Å². The molecule has 0 aromatic heterocycles. The molecule has 0 fully saturated rings. The van der Waals surface area contributed by atoms with Crippen molar-refractivity contribution in [1.29, 1.82) is 0 Å². The quantitative estimate of drug-likeness (QED) is 0.559. The van der Waals surface area contributed by atoms with Crippen molar-refractivity contribution < 1.29 is 14.3 Å². The lowest BCUT2D eigenvalue weighted by molar-refractivity contribution is -0.196. The van der Waals surface area contributed by atoms with Crippen LogP contribution in [0.15, 0.2) is 0 Å². The van der Waals surface area contributed by atoms with E-state index in [-0.39, 0.29) is 23.7 Å². The minimum atomic E-state index is -1.18. The molecule has 4 N–H and O–H groups in total. The van der Waals surface area contributed by atoms with E-state index in [4.69, 9.17) is 16.2 Å². The van der Waals surface area contributed by atoms with Crippen LogP contribution in [0.3, 0.4) is 0 Å². The van der Waals surface area contributed by atoms with E-state index in [1.807, 2.05) is 55.4 Å². The predicted octanol–water partition coefficient (Wildman–Crippen LogP) is 3.64. The fraction of sp³-hybridized carbons (Fsp3) is 0.900. The van der Waals surface area contributed by atoms with E-state index in [1.54, 1.807) is 0 Å². The second kappa shape index (κ2) is 9.56. The number of primary amides is 2. The van der Waals surface area contributed by atoms with Gasteiger partial charge in [-0.25, -0.2) is 0 Å². The summed E-state index contributed by atoms with van der Waals surface area (Å²) >= 11 is 0. The Morgan fingerprint density at radius 1 is 0.640 bits per heavy atom. The highest BCUT2D eigenvalue weighted by Crippen LogP contribution is 2.39. The van der Waals surface area contributed by atoms with Gasteiger partial charge in [-0.1, -0.05) is 55.4 Å². The van der Waals surface area contributed by atoms with Crippen molar-refractivity contribution in [2.45, 2.75) is 92.3 Å². The van der Waals surface area contributed by atoms with Crippen molar-refractivity contribution in [2.24, 2.45) is 35.1 Å². The first-order valence-corrected chi connectivity index (χ1v) is 9.56. The molecule has 25 heavy (non-hydrogen) atoms. The number of hydrogen-bond donors (Lipinski definition) is 2. The standard InChI is InChI=1S/C20H40N2O3/c1-13(2)9-19(17(21)23,10-14(3)4)25-20(18(22)24,11-15(5)6)12-16(7)8/h13-16H,9-12H2,1-8H3,(H2,21,23)(H2,22,24). The summed E-state index contributed by atoms with van der Waals surface area (Å²) in [5, 5.41) is 0. The topological polar surface area (TPSA) is 95.4 Å². The number of carbonyl (C=O) groups excluding carboxylic acids is 2. The van der Waals surface area contributed by atoms with Gasteiger partial charge in [-0.15, -0.1) is 0 Å². The van der Waals surface area contributed by atoms with Gasteiger partial charge in [-0.2, -0.15) is 0 Å². The first-order chi connectivity index (χ1) is 11.3. The van der Waals surface area contributed by atoms with Crippen LogP contribution in [0.5, 0.6) is 0 Å². The fourth-order valence-electron chi connectivity index (χ4n) is 3.85. The average Bonchev–Trinajstić information content (AvgIpc) is 2.34. The van der Waals surface area contributed by atoms with Crippen molar-refractivity contribution in [1.82, 2.24) is 0 Å². The zero-order valence-corrected chi connectivity index (χ0v) is 17.5. The molecule has 5 nitrogen and oxygen atoms in total. The summed E-state index contributed by atoms with van der Waals surface area (Å²) in [6.45, 7) is 16.2. The van der Waals surface area contributed by atoms with Crippen LogP contribution in [0.25, 0.3) is 0 Å². The highest BCUT2D eigenvalue weighted by Gasteiger charge is 2.50. The normalized spacial score (nSPS) is 13.3. The van der Waals surface area contributed by atoms with E-state index >= 15 is 0 Å². The Kier molecular flexibility index (Phi) is 9.14. The average molecular weight is 357 g/mol.